The van der Waals surface area contributed by atoms with Crippen LogP contribution in [0, 0.1) is 6.92 Å². The fourth-order valence-corrected chi connectivity index (χ4v) is 3.13. The number of hydrogen-bond donors (Lipinski definition) is 2. The molecule has 1 amide bonds. The summed E-state index contributed by atoms with van der Waals surface area (Å²) >= 11 is 1.17. The Morgan fingerprint density at radius 2 is 1.92 bits per heavy atom. The van der Waals surface area contributed by atoms with Crippen LogP contribution < -0.4 is 16.8 Å². The van der Waals surface area contributed by atoms with Crippen molar-refractivity contribution in [2.45, 2.75) is 12.1 Å². The Labute approximate surface area is 142 Å². The van der Waals surface area contributed by atoms with E-state index in [0.29, 0.717) is 21.7 Å². The summed E-state index contributed by atoms with van der Waals surface area (Å²) in [7, 11) is 0. The smallest absolute Gasteiger partial charge is 0.266 e. The van der Waals surface area contributed by atoms with Crippen molar-refractivity contribution in [1.29, 1.82) is 0 Å². The van der Waals surface area contributed by atoms with E-state index in [0.717, 1.165) is 5.56 Å². The predicted octanol–water partition coefficient (Wildman–Crippen LogP) is 1.78. The molecule has 1 heterocycles. The number of nitrogens with one attached hydrogen (secondary N) is 1. The minimum Gasteiger partial charge on any atom is -0.294 e. The van der Waals surface area contributed by atoms with Crippen LogP contribution in [0.4, 0.5) is 0 Å². The number of nitrogens with two attached hydrogens (primary N) is 1. The summed E-state index contributed by atoms with van der Waals surface area (Å²) in [4.78, 5) is 28.9. The molecule has 6 nitrogen and oxygen atoms in total. The molecule has 122 valence electrons. The standard InChI is InChI=1S/C17H16N4O2S/c1-11-6-8-12(9-7-11)21-16(23)13-4-2-3-5-14(13)19-17(21)24-10-15(22)20-18/h2-9H,10,18H2,1H3,(H,20,22). The first kappa shape index (κ1) is 16.2. The summed E-state index contributed by atoms with van der Waals surface area (Å²) in [5.41, 5.74) is 4.31. The number of rotatable bonds is 4. The second-order valence-electron chi connectivity index (χ2n) is 5.24. The van der Waals surface area contributed by atoms with Crippen LogP contribution in [0.2, 0.25) is 0 Å². The number of aryl methyl sites for hydroxylation is 1. The van der Waals surface area contributed by atoms with Crippen LogP contribution in [0.15, 0.2) is 58.5 Å². The Balaban J connectivity index is 2.19. The van der Waals surface area contributed by atoms with Crippen LogP contribution in [0.5, 0.6) is 0 Å². The fraction of sp³-hybridized carbons (Fsp3) is 0.118. The third-order valence-electron chi connectivity index (χ3n) is 3.53. The summed E-state index contributed by atoms with van der Waals surface area (Å²) in [6, 6.07) is 14.7. The van der Waals surface area contributed by atoms with E-state index in [2.05, 4.69) is 10.4 Å². The number of aromatic nitrogens is 2. The monoisotopic (exact) mass is 340 g/mol. The maximum absolute atomic E-state index is 12.9. The molecule has 0 aliphatic carbocycles. The molecule has 0 saturated heterocycles. The summed E-state index contributed by atoms with van der Waals surface area (Å²) < 4.78 is 1.52. The first-order valence-corrected chi connectivity index (χ1v) is 8.30. The van der Waals surface area contributed by atoms with Gasteiger partial charge in [0.2, 0.25) is 5.91 Å². The molecule has 3 aromatic rings. The number of hydrazine groups is 1. The first-order valence-electron chi connectivity index (χ1n) is 7.31. The van der Waals surface area contributed by atoms with Gasteiger partial charge in [-0.3, -0.25) is 19.6 Å². The molecule has 1 aromatic heterocycles. The van der Waals surface area contributed by atoms with E-state index in [1.165, 1.54) is 16.3 Å². The molecule has 0 saturated carbocycles. The van der Waals surface area contributed by atoms with Gasteiger partial charge in [0, 0.05) is 0 Å². The highest BCUT2D eigenvalue weighted by Gasteiger charge is 2.14. The van der Waals surface area contributed by atoms with Crippen molar-refractivity contribution in [1.82, 2.24) is 15.0 Å². The lowest BCUT2D eigenvalue weighted by atomic mass is 10.2. The molecule has 0 fully saturated rings. The number of amides is 1. The van der Waals surface area contributed by atoms with Crippen LogP contribution in [0.25, 0.3) is 16.6 Å². The lowest BCUT2D eigenvalue weighted by Gasteiger charge is -2.13. The van der Waals surface area contributed by atoms with Gasteiger partial charge >= 0.3 is 0 Å². The van der Waals surface area contributed by atoms with Gasteiger partial charge in [-0.15, -0.1) is 0 Å². The highest BCUT2D eigenvalue weighted by molar-refractivity contribution is 7.99. The largest absolute Gasteiger partial charge is 0.294 e. The molecule has 0 aliphatic heterocycles. The normalized spacial score (nSPS) is 10.8. The number of carbonyl (C=O) groups is 1. The Morgan fingerprint density at radius 1 is 1.21 bits per heavy atom. The van der Waals surface area contributed by atoms with Crippen LogP contribution in [0.1, 0.15) is 5.56 Å². The molecule has 0 unspecified atom stereocenters. The van der Waals surface area contributed by atoms with Gasteiger partial charge in [0.15, 0.2) is 5.16 Å². The molecule has 3 N–H and O–H groups in total. The van der Waals surface area contributed by atoms with E-state index in [9.17, 15) is 9.59 Å². The van der Waals surface area contributed by atoms with Crippen molar-refractivity contribution in [2.75, 3.05) is 5.75 Å². The van der Waals surface area contributed by atoms with E-state index >= 15 is 0 Å². The van der Waals surface area contributed by atoms with Gasteiger partial charge < -0.3 is 0 Å². The molecule has 0 bridgehead atoms. The molecule has 0 spiro atoms. The molecule has 0 atom stereocenters. The lowest BCUT2D eigenvalue weighted by Crippen LogP contribution is -2.32. The number of carbonyl (C=O) groups excluding carboxylic acids is 1. The summed E-state index contributed by atoms with van der Waals surface area (Å²) in [6.45, 7) is 1.98. The van der Waals surface area contributed by atoms with Crippen LogP contribution >= 0.6 is 11.8 Å². The molecule has 0 radical (unpaired) electrons. The average Bonchev–Trinajstić information content (AvgIpc) is 2.61. The Bertz CT molecular complexity index is 951. The topological polar surface area (TPSA) is 90.0 Å². The van der Waals surface area contributed by atoms with Gasteiger partial charge in [-0.25, -0.2) is 10.8 Å². The number of thioether (sulfide) groups is 1. The van der Waals surface area contributed by atoms with Crippen molar-refractivity contribution in [3.05, 3.63) is 64.4 Å². The van der Waals surface area contributed by atoms with Gasteiger partial charge in [0.05, 0.1) is 22.3 Å². The molecule has 7 heteroatoms. The zero-order chi connectivity index (χ0) is 17.1. The van der Waals surface area contributed by atoms with E-state index < -0.39 is 0 Å². The molecular weight excluding hydrogens is 324 g/mol. The molecular formula is C17H16N4O2S. The average molecular weight is 340 g/mol. The van der Waals surface area contributed by atoms with Gasteiger partial charge in [0.25, 0.3) is 5.56 Å². The van der Waals surface area contributed by atoms with Crippen molar-refractivity contribution in [3.8, 4) is 5.69 Å². The van der Waals surface area contributed by atoms with Crippen molar-refractivity contribution >= 4 is 28.6 Å². The second-order valence-corrected chi connectivity index (χ2v) is 6.19. The van der Waals surface area contributed by atoms with E-state index in [4.69, 9.17) is 5.84 Å². The van der Waals surface area contributed by atoms with Crippen molar-refractivity contribution in [2.24, 2.45) is 5.84 Å². The van der Waals surface area contributed by atoms with Gasteiger partial charge in [-0.05, 0) is 31.2 Å². The highest BCUT2D eigenvalue weighted by atomic mass is 32.2. The van der Waals surface area contributed by atoms with Gasteiger partial charge in [-0.2, -0.15) is 0 Å². The van der Waals surface area contributed by atoms with Crippen LogP contribution in [0.3, 0.4) is 0 Å². The predicted molar refractivity (Wildman–Crippen MR) is 95.1 cm³/mol. The highest BCUT2D eigenvalue weighted by Crippen LogP contribution is 2.21. The Kier molecular flexibility index (Phi) is 4.64. The minimum atomic E-state index is -0.335. The van der Waals surface area contributed by atoms with Crippen molar-refractivity contribution in [3.63, 3.8) is 0 Å². The zero-order valence-electron chi connectivity index (χ0n) is 13.0. The Morgan fingerprint density at radius 3 is 2.62 bits per heavy atom. The third kappa shape index (κ3) is 3.17. The summed E-state index contributed by atoms with van der Waals surface area (Å²) in [6.07, 6.45) is 0. The van der Waals surface area contributed by atoms with E-state index in [-0.39, 0.29) is 17.2 Å². The fourth-order valence-electron chi connectivity index (χ4n) is 2.30. The minimum absolute atomic E-state index is 0.0765. The second kappa shape index (κ2) is 6.86. The maximum Gasteiger partial charge on any atom is 0.266 e. The number of nitrogens with zero attached hydrogens (tertiary/aromatic N) is 2. The molecule has 2 aromatic carbocycles. The van der Waals surface area contributed by atoms with Crippen LogP contribution in [-0.4, -0.2) is 21.2 Å². The number of para-hydroxylation sites is 1. The zero-order valence-corrected chi connectivity index (χ0v) is 13.8. The maximum atomic E-state index is 12.9. The first-order chi connectivity index (χ1) is 11.6. The third-order valence-corrected chi connectivity index (χ3v) is 4.47. The SMILES string of the molecule is Cc1ccc(-n2c(SCC(=O)NN)nc3ccccc3c2=O)cc1. The van der Waals surface area contributed by atoms with Crippen molar-refractivity contribution < 1.29 is 4.79 Å². The molecule has 0 aliphatic rings. The number of benzene rings is 2. The summed E-state index contributed by atoms with van der Waals surface area (Å²) in [5.74, 6) is 4.86. The van der Waals surface area contributed by atoms with E-state index in [1.807, 2.05) is 37.3 Å². The number of fused-ring (bicyclic) bond motifs is 1. The number of hydrogen-bond acceptors (Lipinski definition) is 5. The quantitative estimate of drug-likeness (QED) is 0.248. The lowest BCUT2D eigenvalue weighted by molar-refractivity contribution is -0.118. The van der Waals surface area contributed by atoms with E-state index in [1.54, 1.807) is 18.2 Å². The van der Waals surface area contributed by atoms with Crippen LogP contribution in [-0.2, 0) is 4.79 Å². The molecule has 3 rings (SSSR count). The van der Waals surface area contributed by atoms with Gasteiger partial charge in [-0.1, -0.05) is 41.6 Å². The Hall–Kier alpha value is -2.64. The summed E-state index contributed by atoms with van der Waals surface area (Å²) in [5, 5.41) is 0.983. The van der Waals surface area contributed by atoms with Gasteiger partial charge in [0.1, 0.15) is 0 Å². The molecule has 24 heavy (non-hydrogen) atoms.